The number of anilines is 1. The molecule has 0 aliphatic rings. The number of carbonyl (C=O) groups excluding carboxylic acids is 3. The number of ketones is 2. The predicted molar refractivity (Wildman–Crippen MR) is 255 cm³/mol. The fraction of sp³-hybridized carbons (Fsp3) is 0.377. The van der Waals surface area contributed by atoms with Gasteiger partial charge in [-0.3, -0.25) is 14.4 Å². The molecule has 5 aromatic rings. The average molecular weight is 909 g/mol. The number of halogens is 1. The van der Waals surface area contributed by atoms with E-state index in [0.29, 0.717) is 36.6 Å². The van der Waals surface area contributed by atoms with Crippen molar-refractivity contribution < 1.29 is 37.0 Å². The van der Waals surface area contributed by atoms with Crippen LogP contribution < -0.4 is 19.5 Å². The Hall–Kier alpha value is -5.45. The minimum Gasteiger partial charge on any atom is -0.493 e. The molecule has 11 heteroatoms. The number of amides is 1. The molecule has 0 saturated carbocycles. The molecule has 0 radical (unpaired) electrons. The summed E-state index contributed by atoms with van der Waals surface area (Å²) in [6.45, 7) is 19.1. The summed E-state index contributed by atoms with van der Waals surface area (Å²) in [6.07, 6.45) is 0.880. The van der Waals surface area contributed by atoms with Gasteiger partial charge in [-0.25, -0.2) is 8.42 Å². The number of nitrogens with one attached hydrogen (secondary N) is 1. The lowest BCUT2D eigenvalue weighted by atomic mass is 9.76. The van der Waals surface area contributed by atoms with Crippen LogP contribution >= 0.6 is 11.6 Å². The lowest BCUT2D eigenvalue weighted by Gasteiger charge is -2.30. The Bertz CT molecular complexity index is 2510. The summed E-state index contributed by atoms with van der Waals surface area (Å²) in [4.78, 5) is 40.8. The van der Waals surface area contributed by atoms with Crippen LogP contribution in [0.25, 0.3) is 0 Å². The van der Waals surface area contributed by atoms with Gasteiger partial charge in [-0.1, -0.05) is 116 Å². The van der Waals surface area contributed by atoms with Gasteiger partial charge in [-0.2, -0.15) is 0 Å². The number of benzene rings is 5. The molecular formula is C53H62ClNO8S. The van der Waals surface area contributed by atoms with Crippen molar-refractivity contribution in [1.29, 1.82) is 0 Å². The van der Waals surface area contributed by atoms with Crippen LogP contribution in [0, 0.1) is 5.41 Å². The molecule has 64 heavy (non-hydrogen) atoms. The molecule has 0 spiro atoms. The maximum atomic E-state index is 13.9. The largest absolute Gasteiger partial charge is 0.493 e. The second-order valence-corrected chi connectivity index (χ2v) is 20.8. The van der Waals surface area contributed by atoms with Gasteiger partial charge in [0.05, 0.1) is 16.4 Å². The van der Waals surface area contributed by atoms with Crippen molar-refractivity contribution in [3.05, 3.63) is 143 Å². The first-order valence-electron chi connectivity index (χ1n) is 21.9. The van der Waals surface area contributed by atoms with E-state index < -0.39 is 32.9 Å². The van der Waals surface area contributed by atoms with E-state index in [2.05, 4.69) is 65.1 Å². The van der Waals surface area contributed by atoms with Crippen molar-refractivity contribution in [3.63, 3.8) is 0 Å². The zero-order chi connectivity index (χ0) is 46.9. The first kappa shape index (κ1) is 49.6. The van der Waals surface area contributed by atoms with Crippen LogP contribution in [0.5, 0.6) is 17.2 Å². The molecule has 0 saturated heterocycles. The Kier molecular flexibility index (Phi) is 16.3. The van der Waals surface area contributed by atoms with Crippen molar-refractivity contribution in [3.8, 4) is 17.2 Å². The van der Waals surface area contributed by atoms with Crippen LogP contribution in [-0.2, 0) is 48.1 Å². The summed E-state index contributed by atoms with van der Waals surface area (Å²) in [6, 6.07) is 32.7. The van der Waals surface area contributed by atoms with Crippen LogP contribution in [-0.4, -0.2) is 38.6 Å². The molecule has 1 amide bonds. The highest BCUT2D eigenvalue weighted by atomic mass is 35.5. The number of rotatable bonds is 21. The number of ether oxygens (including phenoxy) is 3. The summed E-state index contributed by atoms with van der Waals surface area (Å²) in [5.41, 5.74) is 3.28. The Labute approximate surface area is 384 Å². The number of hydrogen-bond acceptors (Lipinski definition) is 8. The van der Waals surface area contributed by atoms with Gasteiger partial charge in [0.2, 0.25) is 21.8 Å². The van der Waals surface area contributed by atoms with Gasteiger partial charge < -0.3 is 19.5 Å². The maximum Gasteiger partial charge on any atom is 0.224 e. The van der Waals surface area contributed by atoms with Crippen LogP contribution in [0.15, 0.2) is 125 Å². The lowest BCUT2D eigenvalue weighted by Crippen LogP contribution is -2.43. The van der Waals surface area contributed by atoms with Crippen molar-refractivity contribution in [2.45, 2.75) is 128 Å². The molecule has 0 aromatic heterocycles. The number of carbonyl (C=O) groups is 3. The molecule has 1 N–H and O–H groups in total. The summed E-state index contributed by atoms with van der Waals surface area (Å²) in [7, 11) is -3.91. The minimum absolute atomic E-state index is 0.00690. The number of hydrogen-bond donors (Lipinski definition) is 1. The van der Waals surface area contributed by atoms with E-state index in [1.807, 2.05) is 30.3 Å². The van der Waals surface area contributed by atoms with E-state index in [9.17, 15) is 22.8 Å². The monoisotopic (exact) mass is 907 g/mol. The van der Waals surface area contributed by atoms with E-state index in [-0.39, 0.29) is 50.1 Å². The van der Waals surface area contributed by atoms with Crippen molar-refractivity contribution in [2.75, 3.05) is 11.9 Å². The Morgan fingerprint density at radius 3 is 1.91 bits per heavy atom. The standard InChI is InChI=1S/C53H62ClNO8S/c1-10-52(6,7)38-19-30-47(44(34-38)53(8,9)11-2)61-31-15-18-48(57)55-39-20-29-45(54)37(32-39)33-46(56)49(50(58)51(3,4)5)63-41-23-27-43(28-24-41)64(59,60)42-25-21-40(22-26-42)62-35-36-16-13-12-14-17-36/h12-14,16-17,19-30,32,34,49H,10-11,15,18,31,33,35H2,1-9H3,(H,55,57). The highest BCUT2D eigenvalue weighted by Gasteiger charge is 2.37. The first-order chi connectivity index (χ1) is 30.1. The topological polar surface area (TPSA) is 125 Å². The van der Waals surface area contributed by atoms with Crippen molar-refractivity contribution >= 4 is 44.6 Å². The molecule has 5 aromatic carbocycles. The third kappa shape index (κ3) is 12.8. The Morgan fingerprint density at radius 1 is 0.703 bits per heavy atom. The highest BCUT2D eigenvalue weighted by molar-refractivity contribution is 7.91. The van der Waals surface area contributed by atoms with E-state index in [4.69, 9.17) is 25.8 Å². The van der Waals surface area contributed by atoms with Crippen LogP contribution in [0.4, 0.5) is 5.69 Å². The zero-order valence-electron chi connectivity index (χ0n) is 38.5. The van der Waals surface area contributed by atoms with Gasteiger partial charge in [-0.05, 0) is 120 Å². The molecule has 0 heterocycles. The smallest absolute Gasteiger partial charge is 0.224 e. The highest BCUT2D eigenvalue weighted by Crippen LogP contribution is 2.39. The van der Waals surface area contributed by atoms with E-state index in [1.54, 1.807) is 51.1 Å². The van der Waals surface area contributed by atoms with Gasteiger partial charge in [0, 0.05) is 34.5 Å². The van der Waals surface area contributed by atoms with E-state index in [0.717, 1.165) is 29.7 Å². The quantitative estimate of drug-likeness (QED) is 0.0570. The van der Waals surface area contributed by atoms with Crippen LogP contribution in [0.1, 0.15) is 110 Å². The molecule has 1 atom stereocenters. The molecule has 0 fully saturated rings. The summed E-state index contributed by atoms with van der Waals surface area (Å²) < 4.78 is 45.1. The molecule has 340 valence electrons. The number of Topliss-reactive ketones (excluding diaryl/α,β-unsaturated/α-hetero) is 2. The van der Waals surface area contributed by atoms with Crippen molar-refractivity contribution in [1.82, 2.24) is 0 Å². The lowest BCUT2D eigenvalue weighted by molar-refractivity contribution is -0.141. The molecule has 0 bridgehead atoms. The molecule has 5 rings (SSSR count). The minimum atomic E-state index is -3.91. The Morgan fingerprint density at radius 2 is 1.31 bits per heavy atom. The third-order valence-corrected chi connectivity index (χ3v) is 14.0. The average Bonchev–Trinajstić information content (AvgIpc) is 3.27. The molecular weight excluding hydrogens is 846 g/mol. The predicted octanol–water partition coefficient (Wildman–Crippen LogP) is 12.1. The molecule has 9 nitrogen and oxygen atoms in total. The third-order valence-electron chi connectivity index (χ3n) is 11.8. The Balaban J connectivity index is 1.21. The fourth-order valence-corrected chi connectivity index (χ4v) is 8.24. The molecule has 0 aliphatic heterocycles. The summed E-state index contributed by atoms with van der Waals surface area (Å²) in [5, 5.41) is 3.18. The van der Waals surface area contributed by atoms with E-state index >= 15 is 0 Å². The van der Waals surface area contributed by atoms with Gasteiger partial charge >= 0.3 is 0 Å². The van der Waals surface area contributed by atoms with Gasteiger partial charge in [0.25, 0.3) is 0 Å². The SMILES string of the molecule is CCC(C)(C)c1ccc(OCCCC(=O)Nc2ccc(Cl)c(CC(=O)C(Oc3ccc(S(=O)(=O)c4ccc(OCc5ccccc5)cc4)cc3)C(=O)C(C)(C)C)c2)c(C(C)(C)CC)c1. The zero-order valence-corrected chi connectivity index (χ0v) is 40.1. The first-order valence-corrected chi connectivity index (χ1v) is 23.7. The molecule has 0 aliphatic carbocycles. The van der Waals surface area contributed by atoms with Gasteiger partial charge in [-0.15, -0.1) is 0 Å². The second kappa shape index (κ2) is 21.0. The summed E-state index contributed by atoms with van der Waals surface area (Å²) in [5.74, 6) is 0.258. The van der Waals surface area contributed by atoms with Gasteiger partial charge in [0.15, 0.2) is 11.6 Å². The van der Waals surface area contributed by atoms with Crippen molar-refractivity contribution in [2.24, 2.45) is 5.41 Å². The van der Waals surface area contributed by atoms with Crippen LogP contribution in [0.2, 0.25) is 5.02 Å². The fourth-order valence-electron chi connectivity index (χ4n) is 6.79. The normalized spacial score (nSPS) is 12.6. The summed E-state index contributed by atoms with van der Waals surface area (Å²) >= 11 is 6.56. The molecule has 1 unspecified atom stereocenters. The van der Waals surface area contributed by atoms with E-state index in [1.165, 1.54) is 42.0 Å². The van der Waals surface area contributed by atoms with Crippen LogP contribution in [0.3, 0.4) is 0 Å². The number of sulfone groups is 1. The second-order valence-electron chi connectivity index (χ2n) is 18.5. The maximum absolute atomic E-state index is 13.9. The van der Waals surface area contributed by atoms with Gasteiger partial charge in [0.1, 0.15) is 23.9 Å².